The highest BCUT2D eigenvalue weighted by Gasteiger charge is 2.03. The summed E-state index contributed by atoms with van der Waals surface area (Å²) in [5.41, 5.74) is 1.42. The fourth-order valence-electron chi connectivity index (χ4n) is 2.79. The van der Waals surface area contributed by atoms with Crippen LogP contribution in [0.4, 0.5) is 11.4 Å². The van der Waals surface area contributed by atoms with Crippen LogP contribution in [0.25, 0.3) is 0 Å². The molecule has 0 spiro atoms. The van der Waals surface area contributed by atoms with Crippen molar-refractivity contribution in [3.05, 3.63) is 58.6 Å². The Hall–Kier alpha value is -3.45. The van der Waals surface area contributed by atoms with Gasteiger partial charge in [-0.15, -0.1) is 24.8 Å². The molecule has 16 heteroatoms. The van der Waals surface area contributed by atoms with Crippen molar-refractivity contribution < 1.29 is 9.90 Å². The lowest BCUT2D eigenvalue weighted by molar-refractivity contribution is -0.134. The number of nitrogens with one attached hydrogen (secondary N) is 10. The minimum absolute atomic E-state index is 0. The molecule has 0 radical (unpaired) electrons. The van der Waals surface area contributed by atoms with Crippen LogP contribution in [0.1, 0.15) is 32.6 Å². The first-order valence-electron chi connectivity index (χ1n) is 11.7. The predicted octanol–water partition coefficient (Wildman–Crippen LogP) is 5.11. The molecule has 0 atom stereocenters. The lowest BCUT2D eigenvalue weighted by Crippen LogP contribution is -2.43. The lowest BCUT2D eigenvalue weighted by atomic mass is 10.2. The summed E-state index contributed by atoms with van der Waals surface area (Å²) >= 11 is 11.7. The zero-order valence-electron chi connectivity index (χ0n) is 21.8. The maximum absolute atomic E-state index is 9.00. The Morgan fingerprint density at radius 3 is 1.25 bits per heavy atom. The maximum atomic E-state index is 9.00. The van der Waals surface area contributed by atoms with E-state index in [1.165, 1.54) is 0 Å². The quantitative estimate of drug-likeness (QED) is 0.101. The molecule has 222 valence electrons. The molecular weight excluding hydrogens is 602 g/mol. The molecule has 0 unspecified atom stereocenters. The second-order valence-electron chi connectivity index (χ2n) is 7.80. The van der Waals surface area contributed by atoms with E-state index in [0.717, 1.165) is 32.6 Å². The van der Waals surface area contributed by atoms with E-state index in [2.05, 4.69) is 31.9 Å². The number of halogens is 4. The molecule has 0 aliphatic carbocycles. The number of carboxylic acid groups (broad SMARTS) is 1. The first kappa shape index (κ1) is 38.7. The predicted molar refractivity (Wildman–Crippen MR) is 170 cm³/mol. The monoisotopic (exact) mass is 636 g/mol. The molecule has 0 saturated carbocycles. The number of benzene rings is 2. The van der Waals surface area contributed by atoms with Crippen LogP contribution in [0, 0.1) is 21.6 Å². The van der Waals surface area contributed by atoms with Crippen LogP contribution >= 0.6 is 48.0 Å². The van der Waals surface area contributed by atoms with Crippen LogP contribution in [-0.4, -0.2) is 48.0 Å². The summed E-state index contributed by atoms with van der Waals surface area (Å²) in [5.74, 6) is -0.721. The van der Waals surface area contributed by atoms with Crippen LogP contribution in [0.15, 0.2) is 48.5 Å². The molecule has 0 heterocycles. The summed E-state index contributed by atoms with van der Waals surface area (Å²) in [6.45, 7) is 2.33. The van der Waals surface area contributed by atoms with Crippen molar-refractivity contribution in [2.45, 2.75) is 32.6 Å². The lowest BCUT2D eigenvalue weighted by Gasteiger charge is -2.13. The molecule has 0 saturated heterocycles. The molecule has 11 N–H and O–H groups in total. The Balaban J connectivity index is 0. The topological polar surface area (TPSA) is 205 Å². The van der Waals surface area contributed by atoms with E-state index in [4.69, 9.17) is 54.7 Å². The minimum atomic E-state index is -0.833. The molecule has 0 bridgehead atoms. The molecular formula is C24H36Cl4N10O2. The maximum Gasteiger partial charge on any atom is 0.300 e. The third kappa shape index (κ3) is 20.5. The molecule has 12 nitrogen and oxygen atoms in total. The van der Waals surface area contributed by atoms with Crippen molar-refractivity contribution >= 4 is 89.2 Å². The highest BCUT2D eigenvalue weighted by Crippen LogP contribution is 2.13. The minimum Gasteiger partial charge on any atom is -0.481 e. The second-order valence-corrected chi connectivity index (χ2v) is 8.67. The first-order valence-corrected chi connectivity index (χ1v) is 12.4. The highest BCUT2D eigenvalue weighted by atomic mass is 35.5. The van der Waals surface area contributed by atoms with Gasteiger partial charge in [-0.05, 0) is 61.4 Å². The molecule has 0 amide bonds. The van der Waals surface area contributed by atoms with Crippen molar-refractivity contribution in [1.82, 2.24) is 21.3 Å². The van der Waals surface area contributed by atoms with Gasteiger partial charge in [0, 0.05) is 41.4 Å². The SMILES string of the molecule is CC(=O)O.Cl.Cl.N=C(NCCCCCCNC(=N)NC(=N)Nc1ccc(Cl)cc1)NC(=N)Nc1ccc(Cl)cc1. The smallest absolute Gasteiger partial charge is 0.300 e. The number of carboxylic acids is 1. The third-order valence-electron chi connectivity index (χ3n) is 4.43. The van der Waals surface area contributed by atoms with E-state index in [1.54, 1.807) is 48.5 Å². The van der Waals surface area contributed by atoms with E-state index in [1.807, 2.05) is 0 Å². The normalized spacial score (nSPS) is 9.18. The van der Waals surface area contributed by atoms with Gasteiger partial charge in [-0.3, -0.25) is 37.1 Å². The molecule has 2 aromatic carbocycles. The average molecular weight is 638 g/mol. The van der Waals surface area contributed by atoms with Gasteiger partial charge in [0.25, 0.3) is 5.97 Å². The van der Waals surface area contributed by atoms with E-state index >= 15 is 0 Å². The van der Waals surface area contributed by atoms with E-state index < -0.39 is 5.97 Å². The van der Waals surface area contributed by atoms with Gasteiger partial charge in [0.15, 0.2) is 23.8 Å². The van der Waals surface area contributed by atoms with Gasteiger partial charge < -0.3 is 26.4 Å². The van der Waals surface area contributed by atoms with Gasteiger partial charge in [0.1, 0.15) is 0 Å². The number of hydrogen-bond acceptors (Lipinski definition) is 5. The van der Waals surface area contributed by atoms with Crippen LogP contribution < -0.4 is 31.9 Å². The highest BCUT2D eigenvalue weighted by molar-refractivity contribution is 6.31. The van der Waals surface area contributed by atoms with Crippen molar-refractivity contribution in [3.63, 3.8) is 0 Å². The Morgan fingerprint density at radius 1 is 0.650 bits per heavy atom. The van der Waals surface area contributed by atoms with Gasteiger partial charge in [-0.25, -0.2) is 0 Å². The Morgan fingerprint density at radius 2 is 0.950 bits per heavy atom. The van der Waals surface area contributed by atoms with Gasteiger partial charge >= 0.3 is 0 Å². The van der Waals surface area contributed by atoms with E-state index in [9.17, 15) is 0 Å². The fraction of sp³-hybridized carbons (Fsp3) is 0.292. The van der Waals surface area contributed by atoms with Crippen LogP contribution in [0.5, 0.6) is 0 Å². The first-order chi connectivity index (χ1) is 18.0. The summed E-state index contributed by atoms with van der Waals surface area (Å²) in [6.07, 6.45) is 3.70. The summed E-state index contributed by atoms with van der Waals surface area (Å²) in [4.78, 5) is 9.00. The summed E-state index contributed by atoms with van der Waals surface area (Å²) in [6, 6.07) is 13.9. The fourth-order valence-corrected chi connectivity index (χ4v) is 3.04. The summed E-state index contributed by atoms with van der Waals surface area (Å²) in [5, 5.41) is 56.9. The van der Waals surface area contributed by atoms with Gasteiger partial charge in [-0.2, -0.15) is 0 Å². The summed E-state index contributed by atoms with van der Waals surface area (Å²) in [7, 11) is 0. The van der Waals surface area contributed by atoms with Crippen molar-refractivity contribution in [1.29, 1.82) is 21.6 Å². The zero-order chi connectivity index (χ0) is 28.3. The van der Waals surface area contributed by atoms with Gasteiger partial charge in [0.2, 0.25) is 0 Å². The number of unbranched alkanes of at least 4 members (excludes halogenated alkanes) is 3. The Labute approximate surface area is 256 Å². The second kappa shape index (κ2) is 22.4. The average Bonchev–Trinajstić information content (AvgIpc) is 2.83. The summed E-state index contributed by atoms with van der Waals surface area (Å²) < 4.78 is 0. The number of rotatable bonds is 9. The largest absolute Gasteiger partial charge is 0.481 e. The number of aliphatic carboxylic acids is 1. The number of anilines is 2. The van der Waals surface area contributed by atoms with Crippen LogP contribution in [-0.2, 0) is 4.79 Å². The molecule has 0 aromatic heterocycles. The number of carbonyl (C=O) groups is 1. The standard InChI is InChI=1S/C22H30Cl2N10.C2H4O2.2ClH/c23-15-5-9-17(10-6-15)31-21(27)33-19(25)29-13-3-1-2-4-14-30-20(26)34-22(28)32-18-11-7-16(24)8-12-18;1-2(3)4;;/h5-12H,1-4,13-14H2,(H5,25,27,29,31,33)(H5,26,28,30,32,34);1H3,(H,3,4);2*1H. The van der Waals surface area contributed by atoms with Crippen molar-refractivity contribution in [2.75, 3.05) is 23.7 Å². The Bertz CT molecular complexity index is 987. The molecule has 0 aliphatic rings. The number of hydrogen-bond donors (Lipinski definition) is 11. The molecule has 2 aromatic rings. The third-order valence-corrected chi connectivity index (χ3v) is 4.94. The zero-order valence-corrected chi connectivity index (χ0v) is 24.9. The van der Waals surface area contributed by atoms with E-state index in [-0.39, 0.29) is 48.7 Å². The molecule has 2 rings (SSSR count). The van der Waals surface area contributed by atoms with Crippen LogP contribution in [0.2, 0.25) is 10.0 Å². The van der Waals surface area contributed by atoms with E-state index in [0.29, 0.717) is 34.5 Å². The molecule has 0 fully saturated rings. The molecule has 0 aliphatic heterocycles. The van der Waals surface area contributed by atoms with Crippen LogP contribution in [0.3, 0.4) is 0 Å². The van der Waals surface area contributed by atoms with Crippen molar-refractivity contribution in [3.8, 4) is 0 Å². The van der Waals surface area contributed by atoms with Gasteiger partial charge in [0.05, 0.1) is 0 Å². The van der Waals surface area contributed by atoms with Gasteiger partial charge in [-0.1, -0.05) is 36.0 Å². The Kier molecular flexibility index (Phi) is 21.6. The number of guanidine groups is 4. The molecule has 40 heavy (non-hydrogen) atoms. The van der Waals surface area contributed by atoms with Crippen molar-refractivity contribution in [2.24, 2.45) is 0 Å².